The van der Waals surface area contributed by atoms with E-state index in [1.54, 1.807) is 0 Å². The molecule has 17 heavy (non-hydrogen) atoms. The van der Waals surface area contributed by atoms with Crippen molar-refractivity contribution in [3.63, 3.8) is 0 Å². The van der Waals surface area contributed by atoms with Gasteiger partial charge in [-0.15, -0.1) is 0 Å². The van der Waals surface area contributed by atoms with Crippen molar-refractivity contribution >= 4 is 11.5 Å². The number of fused-ring (bicyclic) bond motifs is 1. The van der Waals surface area contributed by atoms with Gasteiger partial charge in [0.1, 0.15) is 5.69 Å². The van der Waals surface area contributed by atoms with Crippen LogP contribution in [-0.2, 0) is 11.2 Å². The van der Waals surface area contributed by atoms with E-state index in [2.05, 4.69) is 18.8 Å². The maximum absolute atomic E-state index is 11.8. The molecule has 2 rings (SSSR count). The number of rotatable bonds is 2. The summed E-state index contributed by atoms with van der Waals surface area (Å²) in [5, 5.41) is 0. The number of allylic oxidation sites excluding steroid dienone is 2. The summed E-state index contributed by atoms with van der Waals surface area (Å²) in [5.41, 5.74) is 6.75. The maximum atomic E-state index is 11.8. The minimum absolute atomic E-state index is 0.246. The van der Waals surface area contributed by atoms with Gasteiger partial charge in [0, 0.05) is 11.3 Å². The summed E-state index contributed by atoms with van der Waals surface area (Å²) in [6.45, 7) is 8.52. The van der Waals surface area contributed by atoms with Crippen LogP contribution in [0.5, 0.6) is 0 Å². The van der Waals surface area contributed by atoms with Gasteiger partial charge >= 0.3 is 5.97 Å². The highest BCUT2D eigenvalue weighted by atomic mass is 16.5. The summed E-state index contributed by atoms with van der Waals surface area (Å²) in [4.78, 5) is 15.0. The molecule has 1 aliphatic rings. The summed E-state index contributed by atoms with van der Waals surface area (Å²) in [6.07, 6.45) is 2.06. The van der Waals surface area contributed by atoms with E-state index < -0.39 is 0 Å². The van der Waals surface area contributed by atoms with Crippen molar-refractivity contribution < 1.29 is 9.53 Å². The van der Waals surface area contributed by atoms with E-state index in [0.29, 0.717) is 12.3 Å². The Morgan fingerprint density at radius 2 is 2.00 bits per heavy atom. The molecule has 0 saturated carbocycles. The van der Waals surface area contributed by atoms with Gasteiger partial charge < -0.3 is 9.72 Å². The molecule has 0 amide bonds. The molecule has 1 aromatic heterocycles. The number of H-pyrrole nitrogens is 1. The van der Waals surface area contributed by atoms with Crippen molar-refractivity contribution in [3.05, 3.63) is 28.1 Å². The van der Waals surface area contributed by atoms with Crippen LogP contribution < -0.4 is 0 Å². The predicted molar refractivity (Wildman–Crippen MR) is 68.1 cm³/mol. The monoisotopic (exact) mass is 233 g/mol. The number of hydrogen-bond donors (Lipinski definition) is 1. The smallest absolute Gasteiger partial charge is 0.355 e. The molecule has 3 heteroatoms. The normalized spacial score (nSPS) is 14.8. The molecule has 1 aromatic rings. The Hall–Kier alpha value is -1.51. The maximum Gasteiger partial charge on any atom is 0.355 e. The van der Waals surface area contributed by atoms with Gasteiger partial charge in [-0.2, -0.15) is 0 Å². The molecule has 0 radical (unpaired) electrons. The minimum atomic E-state index is -0.246. The minimum Gasteiger partial charge on any atom is -0.461 e. The fraction of sp³-hybridized carbons (Fsp3) is 0.500. The van der Waals surface area contributed by atoms with Crippen LogP contribution in [0.1, 0.15) is 54.5 Å². The molecule has 0 aliphatic heterocycles. The van der Waals surface area contributed by atoms with E-state index >= 15 is 0 Å². The molecule has 1 aliphatic carbocycles. The van der Waals surface area contributed by atoms with Gasteiger partial charge in [-0.25, -0.2) is 4.79 Å². The number of hydrogen-bond acceptors (Lipinski definition) is 2. The molecule has 1 heterocycles. The van der Waals surface area contributed by atoms with Crippen LogP contribution >= 0.6 is 0 Å². The lowest BCUT2D eigenvalue weighted by molar-refractivity contribution is 0.0519. The van der Waals surface area contributed by atoms with Crippen LogP contribution in [-0.4, -0.2) is 17.6 Å². The fourth-order valence-corrected chi connectivity index (χ4v) is 2.47. The Morgan fingerprint density at radius 1 is 1.29 bits per heavy atom. The SMILES string of the molecule is CCOC(=O)c1[nH]c2c(c1C)C(C)=C(C)CC2. The molecule has 0 bridgehead atoms. The number of aromatic nitrogens is 1. The second kappa shape index (κ2) is 4.40. The lowest BCUT2D eigenvalue weighted by atomic mass is 9.89. The van der Waals surface area contributed by atoms with Gasteiger partial charge in [-0.1, -0.05) is 5.57 Å². The third-order valence-electron chi connectivity index (χ3n) is 3.57. The highest BCUT2D eigenvalue weighted by Crippen LogP contribution is 2.34. The van der Waals surface area contributed by atoms with E-state index in [9.17, 15) is 4.79 Å². The lowest BCUT2D eigenvalue weighted by Crippen LogP contribution is -2.06. The van der Waals surface area contributed by atoms with E-state index in [1.807, 2.05) is 13.8 Å². The standard InChI is InChI=1S/C14H19NO2/c1-5-17-14(16)13-10(4)12-9(3)8(2)6-7-11(12)15-13/h15H,5-7H2,1-4H3. The molecule has 3 nitrogen and oxygen atoms in total. The molecule has 92 valence electrons. The second-order valence-corrected chi connectivity index (χ2v) is 4.60. The van der Waals surface area contributed by atoms with Crippen LogP contribution in [0.4, 0.5) is 0 Å². The van der Waals surface area contributed by atoms with Crippen molar-refractivity contribution in [2.24, 2.45) is 0 Å². The third kappa shape index (κ3) is 1.90. The van der Waals surface area contributed by atoms with Crippen LogP contribution in [0.15, 0.2) is 5.57 Å². The van der Waals surface area contributed by atoms with Gasteiger partial charge in [0.25, 0.3) is 0 Å². The zero-order chi connectivity index (χ0) is 12.6. The Labute approximate surface area is 102 Å². The molecule has 1 N–H and O–H groups in total. The molecule has 0 unspecified atom stereocenters. The van der Waals surface area contributed by atoms with Crippen molar-refractivity contribution in [1.29, 1.82) is 0 Å². The molecule has 0 aromatic carbocycles. The fourth-order valence-electron chi connectivity index (χ4n) is 2.47. The molecule has 0 saturated heterocycles. The molecule has 0 fully saturated rings. The van der Waals surface area contributed by atoms with E-state index in [0.717, 1.165) is 18.4 Å². The number of nitrogens with one attached hydrogen (secondary N) is 1. The van der Waals surface area contributed by atoms with Crippen molar-refractivity contribution in [2.75, 3.05) is 6.61 Å². The molecule has 0 atom stereocenters. The average Bonchev–Trinajstić information content (AvgIpc) is 2.62. The van der Waals surface area contributed by atoms with Gasteiger partial charge in [0.2, 0.25) is 0 Å². The second-order valence-electron chi connectivity index (χ2n) is 4.60. The largest absolute Gasteiger partial charge is 0.461 e. The Kier molecular flexibility index (Phi) is 3.09. The Morgan fingerprint density at radius 3 is 2.65 bits per heavy atom. The van der Waals surface area contributed by atoms with Crippen molar-refractivity contribution in [3.8, 4) is 0 Å². The first kappa shape index (κ1) is 12.0. The van der Waals surface area contributed by atoms with E-state index in [1.165, 1.54) is 22.4 Å². The quantitative estimate of drug-likeness (QED) is 0.797. The molecular formula is C14H19NO2. The predicted octanol–water partition coefficient (Wildman–Crippen LogP) is 3.24. The number of carbonyl (C=O) groups is 1. The number of esters is 1. The summed E-state index contributed by atoms with van der Waals surface area (Å²) < 4.78 is 5.06. The topological polar surface area (TPSA) is 42.1 Å². The number of aromatic amines is 1. The summed E-state index contributed by atoms with van der Waals surface area (Å²) in [6, 6.07) is 0. The highest BCUT2D eigenvalue weighted by Gasteiger charge is 2.23. The van der Waals surface area contributed by atoms with Crippen molar-refractivity contribution in [2.45, 2.75) is 40.5 Å². The van der Waals surface area contributed by atoms with Gasteiger partial charge in [0.05, 0.1) is 6.61 Å². The van der Waals surface area contributed by atoms with E-state index in [-0.39, 0.29) is 5.97 Å². The van der Waals surface area contributed by atoms with Crippen LogP contribution in [0.25, 0.3) is 5.57 Å². The zero-order valence-corrected chi connectivity index (χ0v) is 10.9. The summed E-state index contributed by atoms with van der Waals surface area (Å²) in [5.74, 6) is -0.246. The Balaban J connectivity index is 2.48. The first-order valence-electron chi connectivity index (χ1n) is 6.11. The van der Waals surface area contributed by atoms with Crippen LogP contribution in [0.3, 0.4) is 0 Å². The first-order chi connectivity index (χ1) is 8.06. The lowest BCUT2D eigenvalue weighted by Gasteiger charge is -2.16. The Bertz CT molecular complexity index is 495. The number of aryl methyl sites for hydroxylation is 1. The van der Waals surface area contributed by atoms with Gasteiger partial charge in [-0.3, -0.25) is 0 Å². The average molecular weight is 233 g/mol. The number of carbonyl (C=O) groups excluding carboxylic acids is 1. The first-order valence-corrected chi connectivity index (χ1v) is 6.11. The van der Waals surface area contributed by atoms with Crippen LogP contribution in [0.2, 0.25) is 0 Å². The zero-order valence-electron chi connectivity index (χ0n) is 10.9. The summed E-state index contributed by atoms with van der Waals surface area (Å²) in [7, 11) is 0. The molecule has 0 spiro atoms. The van der Waals surface area contributed by atoms with Gasteiger partial charge in [-0.05, 0) is 51.7 Å². The van der Waals surface area contributed by atoms with Gasteiger partial charge in [0.15, 0.2) is 0 Å². The molecular weight excluding hydrogens is 214 g/mol. The number of ether oxygens (including phenoxy) is 1. The highest BCUT2D eigenvalue weighted by molar-refractivity contribution is 5.92. The third-order valence-corrected chi connectivity index (χ3v) is 3.57. The van der Waals surface area contributed by atoms with Crippen LogP contribution in [0, 0.1) is 6.92 Å². The van der Waals surface area contributed by atoms with Crippen molar-refractivity contribution in [1.82, 2.24) is 4.98 Å². The van der Waals surface area contributed by atoms with E-state index in [4.69, 9.17) is 4.74 Å². The summed E-state index contributed by atoms with van der Waals surface area (Å²) >= 11 is 0.